The predicted molar refractivity (Wildman–Crippen MR) is 319 cm³/mol. The largest absolute Gasteiger partial charge is 0.488 e. The molecule has 2 saturated heterocycles. The third-order valence-corrected chi connectivity index (χ3v) is 17.1. The van der Waals surface area contributed by atoms with Gasteiger partial charge in [0, 0.05) is 12.8 Å². The highest BCUT2D eigenvalue weighted by Gasteiger charge is 2.48. The Morgan fingerprint density at radius 2 is 0.939 bits per heavy atom. The zero-order valence-corrected chi connectivity index (χ0v) is 50.1. The molecule has 16 nitrogen and oxygen atoms in total. The molecule has 4 aliphatic rings. The van der Waals surface area contributed by atoms with Crippen molar-refractivity contribution in [1.82, 2.24) is 41.7 Å². The van der Waals surface area contributed by atoms with E-state index >= 15 is 0 Å². The van der Waals surface area contributed by atoms with Crippen LogP contribution in [0.1, 0.15) is 152 Å². The van der Waals surface area contributed by atoms with Gasteiger partial charge in [-0.05, 0) is 161 Å². The molecule has 0 saturated carbocycles. The van der Waals surface area contributed by atoms with Gasteiger partial charge in [-0.1, -0.05) is 114 Å². The van der Waals surface area contributed by atoms with Gasteiger partial charge in [-0.15, -0.1) is 0 Å². The lowest BCUT2D eigenvalue weighted by atomic mass is 9.85. The molecule has 0 unspecified atom stereocenters. The molecule has 2 aliphatic heterocycles. The fourth-order valence-corrected chi connectivity index (χ4v) is 12.1. The minimum Gasteiger partial charge on any atom is -0.488 e. The van der Waals surface area contributed by atoms with Crippen LogP contribution in [0.25, 0.3) is 0 Å². The Morgan fingerprint density at radius 1 is 0.549 bits per heavy atom. The summed E-state index contributed by atoms with van der Waals surface area (Å²) in [6.45, 7) is 15.4. The number of ether oxygens (including phenoxy) is 2. The van der Waals surface area contributed by atoms with Gasteiger partial charge >= 0.3 is 0 Å². The summed E-state index contributed by atoms with van der Waals surface area (Å²) in [5, 5.41) is 18.5. The minimum absolute atomic E-state index is 0.164. The van der Waals surface area contributed by atoms with E-state index in [1.807, 2.05) is 102 Å². The van der Waals surface area contributed by atoms with Gasteiger partial charge in [-0.2, -0.15) is 0 Å². The van der Waals surface area contributed by atoms with Gasteiger partial charge in [-0.25, -0.2) is 0 Å². The standard InChI is InChI=1S/C66H90N8O8/c1-41(67-9)59(75)71-57(65(3,4)5)63(79)73-39-49(37-55(73)61(77)69-53-33-19-27-45-25-13-15-31-51(45)53)81-47-29-17-23-43(35-47)21-11-12-22-44-24-18-30-48(36-44)82-50-38-56(62(78)70-54-34-20-28-46-26-14-16-32-52(46)54)74(40-50)64(80)58(66(6,7)8)72-60(76)42(2)68-10/h13-18,23-26,29-32,35-36,41-42,49-50,53-58,67-68H,11-12,19-22,27-28,33-34,37-40H2,1-10H3,(H,69,77)(H,70,78)(H,71,75)(H,72,76)/t41-,42-,49-,50-,53+,54+,55-,56-,57+,58+/m0/s1. The highest BCUT2D eigenvalue weighted by Crippen LogP contribution is 2.35. The summed E-state index contributed by atoms with van der Waals surface area (Å²) in [4.78, 5) is 88.0. The molecule has 4 aromatic rings. The van der Waals surface area contributed by atoms with Gasteiger partial charge in [0.2, 0.25) is 35.4 Å². The lowest BCUT2D eigenvalue weighted by molar-refractivity contribution is -0.144. The number of benzene rings is 4. The molecule has 10 atom stereocenters. The smallest absolute Gasteiger partial charge is 0.246 e. The van der Waals surface area contributed by atoms with Crippen molar-refractivity contribution in [3.05, 3.63) is 130 Å². The number of unbranched alkanes of at least 4 members (excludes halogenated alkanes) is 1. The van der Waals surface area contributed by atoms with Crippen molar-refractivity contribution in [2.75, 3.05) is 27.2 Å². The summed E-state index contributed by atoms with van der Waals surface area (Å²) in [5.41, 5.74) is 5.60. The number of rotatable bonds is 21. The molecule has 6 N–H and O–H groups in total. The molecular weight excluding hydrogens is 1030 g/mol. The van der Waals surface area contributed by atoms with E-state index in [2.05, 4.69) is 68.3 Å². The maximum Gasteiger partial charge on any atom is 0.246 e. The van der Waals surface area contributed by atoms with Crippen molar-refractivity contribution in [3.63, 3.8) is 0 Å². The number of likely N-dealkylation sites (tertiary alicyclic amines) is 2. The van der Waals surface area contributed by atoms with E-state index in [4.69, 9.17) is 9.47 Å². The van der Waals surface area contributed by atoms with Crippen LogP contribution in [-0.4, -0.2) is 121 Å². The second-order valence-corrected chi connectivity index (χ2v) is 25.4. The zero-order valence-electron chi connectivity index (χ0n) is 50.1. The molecule has 0 spiro atoms. The van der Waals surface area contributed by atoms with Gasteiger partial charge in [-0.3, -0.25) is 28.8 Å². The van der Waals surface area contributed by atoms with Crippen LogP contribution in [-0.2, 0) is 54.5 Å². The molecule has 2 fully saturated rings. The van der Waals surface area contributed by atoms with Crippen LogP contribution in [0.15, 0.2) is 97.1 Å². The van der Waals surface area contributed by atoms with Crippen molar-refractivity contribution in [2.45, 2.75) is 193 Å². The van der Waals surface area contributed by atoms with Crippen molar-refractivity contribution < 1.29 is 38.2 Å². The molecular formula is C66H90N8O8. The first-order valence-corrected chi connectivity index (χ1v) is 30.0. The third-order valence-electron chi connectivity index (χ3n) is 17.1. The SMILES string of the molecule is CN[C@@H](C)C(=O)N[C@H](C(=O)N1C[C@@H](Oc2cccc(CCCCc3cccc(O[C@H]4C[C@@H](C(=O)N[C@@H]5CCCc6ccccc65)N(C(=O)[C@@H](NC(=O)[C@H](C)NC)C(C)(C)C)C4)c3)c2)C[C@H]1C(=O)N[C@@H]1CCCc2ccccc21)C(C)(C)C. The van der Waals surface area contributed by atoms with E-state index in [0.717, 1.165) is 86.5 Å². The lowest BCUT2D eigenvalue weighted by Crippen LogP contribution is -2.59. The van der Waals surface area contributed by atoms with E-state index in [-0.39, 0.29) is 60.6 Å². The van der Waals surface area contributed by atoms with Crippen molar-refractivity contribution in [1.29, 1.82) is 0 Å². The Morgan fingerprint density at radius 3 is 1.32 bits per heavy atom. The van der Waals surface area contributed by atoms with Crippen LogP contribution < -0.4 is 41.4 Å². The van der Waals surface area contributed by atoms with Gasteiger partial charge in [0.15, 0.2) is 0 Å². The van der Waals surface area contributed by atoms with Crippen molar-refractivity contribution >= 4 is 35.4 Å². The average molecular weight is 1120 g/mol. The summed E-state index contributed by atoms with van der Waals surface area (Å²) < 4.78 is 13.3. The molecule has 0 aromatic heterocycles. The molecule has 8 rings (SSSR count). The first kappa shape index (κ1) is 61.3. The van der Waals surface area contributed by atoms with E-state index in [1.54, 1.807) is 37.7 Å². The van der Waals surface area contributed by atoms with E-state index < -0.39 is 59.3 Å². The fourth-order valence-electron chi connectivity index (χ4n) is 12.1. The molecule has 16 heteroatoms. The van der Waals surface area contributed by atoms with Gasteiger partial charge in [0.1, 0.15) is 47.9 Å². The quantitative estimate of drug-likeness (QED) is 0.0452. The summed E-state index contributed by atoms with van der Waals surface area (Å²) in [6.07, 6.45) is 8.53. The van der Waals surface area contributed by atoms with Gasteiger partial charge in [0.25, 0.3) is 0 Å². The molecule has 0 bridgehead atoms. The first-order valence-electron chi connectivity index (χ1n) is 30.0. The Labute approximate surface area is 486 Å². The number of fused-ring (bicyclic) bond motifs is 2. The number of nitrogens with zero attached hydrogens (tertiary/aromatic N) is 2. The normalized spacial score (nSPS) is 22.1. The average Bonchev–Trinajstić information content (AvgIpc) is 4.12. The van der Waals surface area contributed by atoms with Crippen molar-refractivity contribution in [3.8, 4) is 11.5 Å². The summed E-state index contributed by atoms with van der Waals surface area (Å²) in [6, 6.07) is 27.8. The van der Waals surface area contributed by atoms with Crippen LogP contribution in [0.4, 0.5) is 0 Å². The number of carbonyl (C=O) groups is 6. The number of carbonyl (C=O) groups excluding carboxylic acids is 6. The first-order chi connectivity index (χ1) is 39.1. The Balaban J connectivity index is 0.901. The molecule has 4 aromatic carbocycles. The number of hydrogen-bond acceptors (Lipinski definition) is 10. The van der Waals surface area contributed by atoms with E-state index in [9.17, 15) is 28.8 Å². The highest BCUT2D eigenvalue weighted by molar-refractivity contribution is 5.95. The number of likely N-dealkylation sites (N-methyl/N-ethyl adjacent to an activating group) is 2. The molecule has 442 valence electrons. The molecule has 2 heterocycles. The van der Waals surface area contributed by atoms with Gasteiger partial charge < -0.3 is 51.2 Å². The second-order valence-electron chi connectivity index (χ2n) is 25.4. The Kier molecular flexibility index (Phi) is 20.2. The van der Waals surface area contributed by atoms with Crippen LogP contribution in [0.3, 0.4) is 0 Å². The number of nitrogens with one attached hydrogen (secondary N) is 6. The van der Waals surface area contributed by atoms with Crippen LogP contribution in [0.2, 0.25) is 0 Å². The number of hydrogen-bond donors (Lipinski definition) is 6. The monoisotopic (exact) mass is 1120 g/mol. The summed E-state index contributed by atoms with van der Waals surface area (Å²) in [7, 11) is 3.40. The second kappa shape index (κ2) is 27.1. The molecule has 6 amide bonds. The number of aryl methyl sites for hydroxylation is 4. The number of amides is 6. The fraction of sp³-hybridized carbons (Fsp3) is 0.545. The molecule has 0 radical (unpaired) electrons. The Hall–Kier alpha value is -6.78. The minimum atomic E-state index is -0.881. The lowest BCUT2D eigenvalue weighted by Gasteiger charge is -2.36. The van der Waals surface area contributed by atoms with Crippen LogP contribution in [0.5, 0.6) is 11.5 Å². The maximum absolute atomic E-state index is 14.7. The zero-order chi connectivity index (χ0) is 58.9. The van der Waals surface area contributed by atoms with E-state index in [1.165, 1.54) is 11.1 Å². The molecule has 2 aliphatic carbocycles. The predicted octanol–water partition coefficient (Wildman–Crippen LogP) is 7.61. The highest BCUT2D eigenvalue weighted by atomic mass is 16.5. The van der Waals surface area contributed by atoms with Crippen LogP contribution in [0, 0.1) is 10.8 Å². The van der Waals surface area contributed by atoms with Crippen molar-refractivity contribution in [2.24, 2.45) is 10.8 Å². The molecule has 82 heavy (non-hydrogen) atoms. The topological polar surface area (TPSA) is 200 Å². The van der Waals surface area contributed by atoms with E-state index in [0.29, 0.717) is 24.3 Å². The maximum atomic E-state index is 14.7. The third kappa shape index (κ3) is 15.3. The summed E-state index contributed by atoms with van der Waals surface area (Å²) in [5.74, 6) is -0.342. The van der Waals surface area contributed by atoms with Gasteiger partial charge in [0.05, 0.1) is 37.3 Å². The summed E-state index contributed by atoms with van der Waals surface area (Å²) >= 11 is 0. The van der Waals surface area contributed by atoms with Crippen LogP contribution >= 0.6 is 0 Å². The Bertz CT molecular complexity index is 2700.